The van der Waals surface area contributed by atoms with Gasteiger partial charge in [-0.2, -0.15) is 0 Å². The zero-order valence-electron chi connectivity index (χ0n) is 10.1. The topological polar surface area (TPSA) is 83.7 Å². The lowest BCUT2D eigenvalue weighted by molar-refractivity contribution is -0.275. The van der Waals surface area contributed by atoms with Crippen molar-refractivity contribution >= 4 is 5.97 Å². The molecule has 0 spiro atoms. The molecule has 1 rings (SSSR count). The lowest BCUT2D eigenvalue weighted by Crippen LogP contribution is -2.21. The van der Waals surface area contributed by atoms with E-state index in [1.54, 1.807) is 0 Å². The molecule has 0 fully saturated rings. The van der Waals surface area contributed by atoms with E-state index in [1.165, 1.54) is 0 Å². The monoisotopic (exact) mass is 280 g/mol. The summed E-state index contributed by atoms with van der Waals surface area (Å²) in [7, 11) is 2.11. The number of carbonyl (C=O) groups excluding carboxylic acids is 1. The van der Waals surface area contributed by atoms with Crippen LogP contribution < -0.4 is 15.2 Å². The van der Waals surface area contributed by atoms with Crippen LogP contribution in [0.5, 0.6) is 11.6 Å². The van der Waals surface area contributed by atoms with Crippen molar-refractivity contribution in [1.82, 2.24) is 4.98 Å². The van der Waals surface area contributed by atoms with E-state index in [-0.39, 0.29) is 12.2 Å². The van der Waals surface area contributed by atoms with Crippen molar-refractivity contribution in [1.29, 1.82) is 0 Å². The molecule has 0 saturated carbocycles. The molecular formula is C10H11F3N2O4. The van der Waals surface area contributed by atoms with Crippen molar-refractivity contribution in [2.45, 2.75) is 12.9 Å². The number of methoxy groups -OCH3 is 2. The number of halogens is 3. The molecule has 106 valence electrons. The van der Waals surface area contributed by atoms with Gasteiger partial charge >= 0.3 is 12.3 Å². The Hall–Kier alpha value is -2.03. The molecule has 0 aliphatic carbocycles. The van der Waals surface area contributed by atoms with E-state index in [0.29, 0.717) is 0 Å². The molecule has 0 aliphatic heterocycles. The summed E-state index contributed by atoms with van der Waals surface area (Å²) in [4.78, 5) is 15.2. The smallest absolute Gasteiger partial charge is 0.478 e. The normalized spacial score (nSPS) is 11.1. The maximum absolute atomic E-state index is 12.3. The van der Waals surface area contributed by atoms with E-state index in [9.17, 15) is 18.0 Å². The van der Waals surface area contributed by atoms with Crippen LogP contribution in [-0.2, 0) is 11.3 Å². The van der Waals surface area contributed by atoms with Gasteiger partial charge < -0.3 is 19.9 Å². The number of nitrogens with two attached hydrogens (primary N) is 1. The largest absolute Gasteiger partial charge is 0.573 e. The number of alkyl halides is 3. The number of pyridine rings is 1. The zero-order chi connectivity index (χ0) is 14.6. The van der Waals surface area contributed by atoms with E-state index >= 15 is 0 Å². The maximum Gasteiger partial charge on any atom is 0.573 e. The SMILES string of the molecule is COC(=O)c1cc(CN)nc(OC)c1OC(F)(F)F. The van der Waals surface area contributed by atoms with Gasteiger partial charge in [-0.1, -0.05) is 0 Å². The molecule has 0 aliphatic rings. The summed E-state index contributed by atoms with van der Waals surface area (Å²) >= 11 is 0. The van der Waals surface area contributed by atoms with Crippen molar-refractivity contribution in [3.8, 4) is 11.6 Å². The summed E-state index contributed by atoms with van der Waals surface area (Å²) < 4.78 is 49.7. The molecule has 19 heavy (non-hydrogen) atoms. The van der Waals surface area contributed by atoms with Gasteiger partial charge in [0.25, 0.3) is 5.88 Å². The average Bonchev–Trinajstić information content (AvgIpc) is 2.36. The first-order chi connectivity index (χ1) is 8.82. The summed E-state index contributed by atoms with van der Waals surface area (Å²) in [5, 5.41) is 0. The summed E-state index contributed by atoms with van der Waals surface area (Å²) in [6, 6.07) is 1.05. The van der Waals surface area contributed by atoms with Gasteiger partial charge in [0.2, 0.25) is 5.75 Å². The minimum absolute atomic E-state index is 0.0906. The first kappa shape index (κ1) is 15.0. The number of ether oxygens (including phenoxy) is 3. The number of hydrogen-bond acceptors (Lipinski definition) is 6. The zero-order valence-corrected chi connectivity index (χ0v) is 10.1. The Morgan fingerprint density at radius 2 is 2.05 bits per heavy atom. The predicted molar refractivity (Wildman–Crippen MR) is 56.7 cm³/mol. The summed E-state index contributed by atoms with van der Waals surface area (Å²) in [5.74, 6) is -2.38. The van der Waals surface area contributed by atoms with Crippen LogP contribution in [0, 0.1) is 0 Å². The first-order valence-electron chi connectivity index (χ1n) is 4.94. The molecular weight excluding hydrogens is 269 g/mol. The molecule has 0 atom stereocenters. The second-order valence-corrected chi connectivity index (χ2v) is 3.24. The van der Waals surface area contributed by atoms with Crippen LogP contribution in [0.25, 0.3) is 0 Å². The Labute approximate surface area is 106 Å². The van der Waals surface area contributed by atoms with E-state index < -0.39 is 29.5 Å². The molecule has 0 saturated heterocycles. The van der Waals surface area contributed by atoms with E-state index in [2.05, 4.69) is 19.2 Å². The fourth-order valence-electron chi connectivity index (χ4n) is 1.28. The predicted octanol–water partition coefficient (Wildman–Crippen LogP) is 1.23. The second-order valence-electron chi connectivity index (χ2n) is 3.24. The lowest BCUT2D eigenvalue weighted by Gasteiger charge is -2.15. The fraction of sp³-hybridized carbons (Fsp3) is 0.400. The fourth-order valence-corrected chi connectivity index (χ4v) is 1.28. The summed E-state index contributed by atoms with van der Waals surface area (Å²) in [6.07, 6.45) is -5.00. The molecule has 6 nitrogen and oxygen atoms in total. The summed E-state index contributed by atoms with van der Waals surface area (Å²) in [6.45, 7) is -0.0906. The number of nitrogens with zero attached hydrogens (tertiary/aromatic N) is 1. The molecule has 0 amide bonds. The highest BCUT2D eigenvalue weighted by Gasteiger charge is 2.36. The van der Waals surface area contributed by atoms with Gasteiger partial charge in [-0.15, -0.1) is 13.2 Å². The molecule has 1 aromatic rings. The van der Waals surface area contributed by atoms with Crippen LogP contribution in [0.2, 0.25) is 0 Å². The third-order valence-electron chi connectivity index (χ3n) is 2.02. The number of carbonyl (C=O) groups is 1. The Bertz CT molecular complexity index is 477. The highest BCUT2D eigenvalue weighted by Crippen LogP contribution is 2.35. The molecule has 1 aromatic heterocycles. The molecule has 2 N–H and O–H groups in total. The number of esters is 1. The Morgan fingerprint density at radius 3 is 2.47 bits per heavy atom. The molecule has 0 bridgehead atoms. The van der Waals surface area contributed by atoms with Gasteiger partial charge in [0.15, 0.2) is 0 Å². The van der Waals surface area contributed by atoms with Gasteiger partial charge in [0.1, 0.15) is 5.56 Å². The molecule has 0 radical (unpaired) electrons. The highest BCUT2D eigenvalue weighted by atomic mass is 19.4. The molecule has 0 aromatic carbocycles. The van der Waals surface area contributed by atoms with Gasteiger partial charge in [-0.25, -0.2) is 9.78 Å². The number of rotatable bonds is 4. The third-order valence-corrected chi connectivity index (χ3v) is 2.02. The van der Waals surface area contributed by atoms with Crippen LogP contribution in [0.1, 0.15) is 16.1 Å². The molecule has 1 heterocycles. The van der Waals surface area contributed by atoms with Crippen LogP contribution in [0.4, 0.5) is 13.2 Å². The quantitative estimate of drug-likeness (QED) is 0.835. The van der Waals surface area contributed by atoms with Crippen LogP contribution >= 0.6 is 0 Å². The van der Waals surface area contributed by atoms with Crippen LogP contribution in [0.3, 0.4) is 0 Å². The van der Waals surface area contributed by atoms with Gasteiger partial charge in [-0.3, -0.25) is 0 Å². The van der Waals surface area contributed by atoms with E-state index in [4.69, 9.17) is 5.73 Å². The van der Waals surface area contributed by atoms with Crippen molar-refractivity contribution in [3.05, 3.63) is 17.3 Å². The van der Waals surface area contributed by atoms with Crippen molar-refractivity contribution in [3.63, 3.8) is 0 Å². The minimum Gasteiger partial charge on any atom is -0.478 e. The third kappa shape index (κ3) is 3.71. The van der Waals surface area contributed by atoms with Crippen molar-refractivity contribution < 1.29 is 32.2 Å². The Balaban J connectivity index is 3.41. The average molecular weight is 280 g/mol. The standard InChI is InChI=1S/C10H11F3N2O4/c1-17-8-7(19-10(11,12)13)6(9(16)18-2)3-5(4-14)15-8/h3H,4,14H2,1-2H3. The Morgan fingerprint density at radius 1 is 1.42 bits per heavy atom. The van der Waals surface area contributed by atoms with Crippen molar-refractivity contribution in [2.24, 2.45) is 5.73 Å². The molecule has 0 unspecified atom stereocenters. The highest BCUT2D eigenvalue weighted by molar-refractivity contribution is 5.93. The maximum atomic E-state index is 12.3. The minimum atomic E-state index is -5.00. The van der Waals surface area contributed by atoms with Gasteiger partial charge in [0.05, 0.1) is 19.9 Å². The molecule has 9 heteroatoms. The first-order valence-corrected chi connectivity index (χ1v) is 4.94. The lowest BCUT2D eigenvalue weighted by atomic mass is 10.2. The van der Waals surface area contributed by atoms with Gasteiger partial charge in [-0.05, 0) is 6.07 Å². The van der Waals surface area contributed by atoms with E-state index in [1.807, 2.05) is 0 Å². The van der Waals surface area contributed by atoms with E-state index in [0.717, 1.165) is 20.3 Å². The van der Waals surface area contributed by atoms with Crippen LogP contribution in [-0.4, -0.2) is 31.5 Å². The van der Waals surface area contributed by atoms with Gasteiger partial charge in [0, 0.05) is 6.54 Å². The Kier molecular flexibility index (Phi) is 4.54. The van der Waals surface area contributed by atoms with Crippen LogP contribution in [0.15, 0.2) is 6.07 Å². The second kappa shape index (κ2) is 5.74. The number of hydrogen-bond donors (Lipinski definition) is 1. The summed E-state index contributed by atoms with van der Waals surface area (Å²) in [5.41, 5.74) is 5.02. The number of aromatic nitrogens is 1. The van der Waals surface area contributed by atoms with Crippen molar-refractivity contribution in [2.75, 3.05) is 14.2 Å².